The lowest BCUT2D eigenvalue weighted by atomic mass is 9.84. The van der Waals surface area contributed by atoms with Crippen molar-refractivity contribution in [3.05, 3.63) is 101 Å². The maximum atomic E-state index is 15.4. The number of halogens is 10. The highest BCUT2D eigenvalue weighted by Gasteiger charge is 2.34. The monoisotopic (exact) mass is 540 g/mol. The summed E-state index contributed by atoms with van der Waals surface area (Å²) in [5.74, 6) is -20.6. The largest absolute Gasteiger partial charge is 0.497 e. The van der Waals surface area contributed by atoms with Crippen molar-refractivity contribution in [3.8, 4) is 28.0 Å². The van der Waals surface area contributed by atoms with E-state index < -0.39 is 96.4 Å². The highest BCUT2D eigenvalue weighted by molar-refractivity contribution is 6.22. The van der Waals surface area contributed by atoms with E-state index in [0.29, 0.717) is 12.1 Å². The van der Waals surface area contributed by atoms with Crippen LogP contribution in [0.1, 0.15) is 0 Å². The van der Waals surface area contributed by atoms with Crippen LogP contribution in [-0.2, 0) is 0 Å². The first-order chi connectivity index (χ1) is 18.0. The van der Waals surface area contributed by atoms with Gasteiger partial charge in [-0.15, -0.1) is 0 Å². The Bertz CT molecular complexity index is 1720. The van der Waals surface area contributed by atoms with Gasteiger partial charge in [-0.1, -0.05) is 12.1 Å². The van der Waals surface area contributed by atoms with Gasteiger partial charge in [-0.2, -0.15) is 0 Å². The SMILES string of the molecule is COc1ccc(-c2c3c(F)c(F)c(F)c(F)c3c(-c3ccc(F)cc3F)c3c(F)c(F)c(F)c(F)c23)cc1. The minimum Gasteiger partial charge on any atom is -0.497 e. The van der Waals surface area contributed by atoms with Gasteiger partial charge in [0.2, 0.25) is 0 Å². The molecule has 0 aliphatic heterocycles. The van der Waals surface area contributed by atoms with Gasteiger partial charge < -0.3 is 4.74 Å². The topological polar surface area (TPSA) is 9.23 Å². The van der Waals surface area contributed by atoms with Crippen LogP contribution in [0.2, 0.25) is 0 Å². The summed E-state index contributed by atoms with van der Waals surface area (Å²) >= 11 is 0. The summed E-state index contributed by atoms with van der Waals surface area (Å²) in [5, 5.41) is -5.12. The van der Waals surface area contributed by atoms with Crippen molar-refractivity contribution < 1.29 is 48.6 Å². The average molecular weight is 540 g/mol. The Hall–Kier alpha value is -4.28. The molecule has 0 aliphatic carbocycles. The fourth-order valence-corrected chi connectivity index (χ4v) is 4.46. The fraction of sp³-hybridized carbons (Fsp3) is 0.0370. The summed E-state index contributed by atoms with van der Waals surface area (Å²) in [5.41, 5.74) is -3.36. The number of hydrogen-bond acceptors (Lipinski definition) is 1. The first-order valence-corrected chi connectivity index (χ1v) is 10.6. The first-order valence-electron chi connectivity index (χ1n) is 10.6. The summed E-state index contributed by atoms with van der Waals surface area (Å²) in [7, 11) is 1.27. The lowest BCUT2D eigenvalue weighted by molar-refractivity contribution is 0.415. The van der Waals surface area contributed by atoms with Gasteiger partial charge in [-0.05, 0) is 29.8 Å². The number of methoxy groups -OCH3 is 1. The highest BCUT2D eigenvalue weighted by Crippen LogP contribution is 2.49. The third-order valence-electron chi connectivity index (χ3n) is 6.11. The van der Waals surface area contributed by atoms with Gasteiger partial charge in [0.1, 0.15) is 17.4 Å². The van der Waals surface area contributed by atoms with E-state index in [4.69, 9.17) is 4.74 Å². The molecule has 0 amide bonds. The molecule has 0 heterocycles. The second-order valence-corrected chi connectivity index (χ2v) is 8.11. The Kier molecular flexibility index (Phi) is 5.96. The predicted molar refractivity (Wildman–Crippen MR) is 118 cm³/mol. The van der Waals surface area contributed by atoms with Crippen molar-refractivity contribution in [1.29, 1.82) is 0 Å². The van der Waals surface area contributed by atoms with Gasteiger partial charge in [-0.3, -0.25) is 0 Å². The molecule has 194 valence electrons. The molecule has 0 aliphatic rings. The minimum atomic E-state index is -2.40. The van der Waals surface area contributed by atoms with Crippen LogP contribution in [0.25, 0.3) is 43.8 Å². The summed E-state index contributed by atoms with van der Waals surface area (Å²) in [6, 6.07) is 6.06. The predicted octanol–water partition coefficient (Wildman–Crippen LogP) is 8.73. The molecule has 11 heteroatoms. The molecule has 5 aromatic rings. The Labute approximate surface area is 206 Å². The lowest BCUT2D eigenvalue weighted by Crippen LogP contribution is -2.07. The molecule has 5 aromatic carbocycles. The minimum absolute atomic E-state index is 0.195. The van der Waals surface area contributed by atoms with Gasteiger partial charge in [-0.25, -0.2) is 43.9 Å². The third-order valence-corrected chi connectivity index (χ3v) is 6.11. The summed E-state index contributed by atoms with van der Waals surface area (Å²) in [6.07, 6.45) is 0. The molecule has 0 fully saturated rings. The molecule has 0 saturated heterocycles. The molecule has 0 spiro atoms. The van der Waals surface area contributed by atoms with Crippen LogP contribution in [-0.4, -0.2) is 7.11 Å². The number of fused-ring (bicyclic) bond motifs is 2. The number of benzene rings is 5. The Morgan fingerprint density at radius 1 is 0.474 bits per heavy atom. The normalized spacial score (nSPS) is 11.6. The van der Waals surface area contributed by atoms with Crippen molar-refractivity contribution in [3.63, 3.8) is 0 Å². The summed E-state index contributed by atoms with van der Waals surface area (Å²) in [6.45, 7) is 0. The van der Waals surface area contributed by atoms with E-state index in [2.05, 4.69) is 0 Å². The van der Waals surface area contributed by atoms with Crippen LogP contribution in [0.4, 0.5) is 43.9 Å². The van der Waals surface area contributed by atoms with Gasteiger partial charge in [0.05, 0.1) is 7.11 Å². The Morgan fingerprint density at radius 2 is 0.895 bits per heavy atom. The zero-order chi connectivity index (χ0) is 27.6. The summed E-state index contributed by atoms with van der Waals surface area (Å²) < 4.78 is 153. The van der Waals surface area contributed by atoms with Crippen LogP contribution >= 0.6 is 0 Å². The molecule has 38 heavy (non-hydrogen) atoms. The van der Waals surface area contributed by atoms with Gasteiger partial charge in [0.15, 0.2) is 46.5 Å². The molecular weight excluding hydrogens is 530 g/mol. The third kappa shape index (κ3) is 3.48. The number of hydrogen-bond donors (Lipinski definition) is 0. The zero-order valence-corrected chi connectivity index (χ0v) is 18.7. The van der Waals surface area contributed by atoms with E-state index in [1.807, 2.05) is 0 Å². The van der Waals surface area contributed by atoms with E-state index in [-0.39, 0.29) is 17.4 Å². The number of rotatable bonds is 3. The van der Waals surface area contributed by atoms with Crippen LogP contribution in [0.3, 0.4) is 0 Å². The molecule has 0 N–H and O–H groups in total. The molecule has 1 nitrogen and oxygen atoms in total. The van der Waals surface area contributed by atoms with Crippen LogP contribution in [0.5, 0.6) is 5.75 Å². The maximum absolute atomic E-state index is 15.4. The van der Waals surface area contributed by atoms with E-state index in [9.17, 15) is 26.3 Å². The highest BCUT2D eigenvalue weighted by atomic mass is 19.2. The molecule has 5 rings (SSSR count). The molecule has 0 unspecified atom stereocenters. The Balaban J connectivity index is 2.21. The van der Waals surface area contributed by atoms with E-state index in [1.54, 1.807) is 0 Å². The first kappa shape index (κ1) is 25.4. The van der Waals surface area contributed by atoms with E-state index in [1.165, 1.54) is 19.2 Å². The lowest BCUT2D eigenvalue weighted by Gasteiger charge is -2.21. The molecule has 0 atom stereocenters. The molecular formula is C27H10F10O. The van der Waals surface area contributed by atoms with Gasteiger partial charge in [0.25, 0.3) is 0 Å². The summed E-state index contributed by atoms with van der Waals surface area (Å²) in [4.78, 5) is 0. The van der Waals surface area contributed by atoms with Crippen molar-refractivity contribution >= 4 is 21.5 Å². The standard InChI is InChI=1S/C27H10F10O/c1-38-11-5-2-9(3-6-11)14-16-18(22(32)26(36)24(34)20(16)30)15(12-7-4-10(28)8-13(12)29)19-17(14)21(31)25(35)27(37)23(19)33/h2-8H,1H3. The van der Waals surface area contributed by atoms with Crippen LogP contribution in [0.15, 0.2) is 42.5 Å². The molecule has 0 aromatic heterocycles. The molecule has 0 radical (unpaired) electrons. The van der Waals surface area contributed by atoms with Crippen LogP contribution in [0, 0.1) is 58.2 Å². The van der Waals surface area contributed by atoms with Crippen molar-refractivity contribution in [2.75, 3.05) is 7.11 Å². The zero-order valence-electron chi connectivity index (χ0n) is 18.7. The molecule has 0 saturated carbocycles. The van der Waals surface area contributed by atoms with Gasteiger partial charge in [0, 0.05) is 44.3 Å². The average Bonchev–Trinajstić information content (AvgIpc) is 2.91. The van der Waals surface area contributed by atoms with Crippen molar-refractivity contribution in [2.45, 2.75) is 0 Å². The number of ether oxygens (including phenoxy) is 1. The quantitative estimate of drug-likeness (QED) is 0.0963. The smallest absolute Gasteiger partial charge is 0.198 e. The van der Waals surface area contributed by atoms with Crippen molar-refractivity contribution in [1.82, 2.24) is 0 Å². The van der Waals surface area contributed by atoms with E-state index >= 15 is 17.6 Å². The van der Waals surface area contributed by atoms with Crippen molar-refractivity contribution in [2.24, 2.45) is 0 Å². The maximum Gasteiger partial charge on any atom is 0.198 e. The second kappa shape index (κ2) is 8.93. The second-order valence-electron chi connectivity index (χ2n) is 8.11. The molecule has 0 bridgehead atoms. The Morgan fingerprint density at radius 3 is 1.29 bits per heavy atom. The fourth-order valence-electron chi connectivity index (χ4n) is 4.46. The van der Waals surface area contributed by atoms with E-state index in [0.717, 1.165) is 12.1 Å². The van der Waals surface area contributed by atoms with Gasteiger partial charge >= 0.3 is 0 Å². The van der Waals surface area contributed by atoms with Crippen LogP contribution < -0.4 is 4.74 Å².